The van der Waals surface area contributed by atoms with Crippen molar-refractivity contribution in [2.45, 2.75) is 6.54 Å². The molecule has 0 saturated carbocycles. The molecule has 0 bridgehead atoms. The van der Waals surface area contributed by atoms with Crippen LogP contribution in [-0.2, 0) is 25.6 Å². The van der Waals surface area contributed by atoms with Crippen LogP contribution in [0.3, 0.4) is 0 Å². The van der Waals surface area contributed by atoms with Crippen LogP contribution in [0, 0.1) is 0 Å². The van der Waals surface area contributed by atoms with E-state index in [2.05, 4.69) is 14.5 Å². The monoisotopic (exact) mass is 252 g/mol. The summed E-state index contributed by atoms with van der Waals surface area (Å²) in [5.74, 6) is -0.815. The van der Waals surface area contributed by atoms with Crippen molar-refractivity contribution < 1.29 is 19.1 Å². The number of esters is 2. The highest BCUT2D eigenvalue weighted by atomic mass is 16.5. The average molecular weight is 252 g/mol. The van der Waals surface area contributed by atoms with Crippen molar-refractivity contribution in [1.82, 2.24) is 9.88 Å². The lowest BCUT2D eigenvalue weighted by Gasteiger charge is -2.18. The van der Waals surface area contributed by atoms with E-state index in [0.29, 0.717) is 6.54 Å². The largest absolute Gasteiger partial charge is 0.468 e. The molecule has 1 aromatic rings. The second-order valence-electron chi connectivity index (χ2n) is 3.62. The Morgan fingerprint density at radius 3 is 2.22 bits per heavy atom. The molecule has 0 spiro atoms. The van der Waals surface area contributed by atoms with Gasteiger partial charge < -0.3 is 9.47 Å². The van der Waals surface area contributed by atoms with Crippen LogP contribution < -0.4 is 0 Å². The lowest BCUT2D eigenvalue weighted by Crippen LogP contribution is -2.35. The molecule has 0 N–H and O–H groups in total. The van der Waals surface area contributed by atoms with Gasteiger partial charge in [0, 0.05) is 12.7 Å². The SMILES string of the molecule is COC(=O)CN(CC(=O)OC)Cc1ccccn1. The molecular formula is C12H16N2O4. The highest BCUT2D eigenvalue weighted by Gasteiger charge is 2.16. The van der Waals surface area contributed by atoms with Crippen LogP contribution in [0.25, 0.3) is 0 Å². The van der Waals surface area contributed by atoms with Crippen molar-refractivity contribution in [3.05, 3.63) is 30.1 Å². The third kappa shape index (κ3) is 4.92. The fourth-order valence-corrected chi connectivity index (χ4v) is 1.38. The van der Waals surface area contributed by atoms with E-state index in [1.165, 1.54) is 14.2 Å². The molecule has 0 aliphatic carbocycles. The van der Waals surface area contributed by atoms with Gasteiger partial charge in [0.2, 0.25) is 0 Å². The van der Waals surface area contributed by atoms with E-state index in [9.17, 15) is 9.59 Å². The second kappa shape index (κ2) is 7.39. The molecule has 0 fully saturated rings. The minimum Gasteiger partial charge on any atom is -0.468 e. The van der Waals surface area contributed by atoms with E-state index < -0.39 is 11.9 Å². The number of pyridine rings is 1. The van der Waals surface area contributed by atoms with E-state index in [0.717, 1.165) is 5.69 Å². The number of hydrogen-bond acceptors (Lipinski definition) is 6. The molecule has 0 aromatic carbocycles. The van der Waals surface area contributed by atoms with Crippen molar-refractivity contribution in [1.29, 1.82) is 0 Å². The Balaban J connectivity index is 2.64. The Kier molecular flexibility index (Phi) is 5.79. The number of hydrogen-bond donors (Lipinski definition) is 0. The maximum absolute atomic E-state index is 11.2. The molecule has 6 heteroatoms. The molecule has 0 atom stereocenters. The van der Waals surface area contributed by atoms with Crippen LogP contribution in [0.4, 0.5) is 0 Å². The summed E-state index contributed by atoms with van der Waals surface area (Å²) in [6.07, 6.45) is 1.66. The Labute approximate surface area is 106 Å². The lowest BCUT2D eigenvalue weighted by molar-refractivity contribution is -0.145. The third-order valence-electron chi connectivity index (χ3n) is 2.27. The molecule has 98 valence electrons. The Bertz CT molecular complexity index is 376. The molecule has 0 radical (unpaired) electrons. The molecule has 6 nitrogen and oxygen atoms in total. The standard InChI is InChI=1S/C12H16N2O4/c1-17-11(15)8-14(9-12(16)18-2)7-10-5-3-4-6-13-10/h3-6H,7-9H2,1-2H3. The molecule has 0 aliphatic rings. The normalized spacial score (nSPS) is 10.2. The Morgan fingerprint density at radius 2 is 1.78 bits per heavy atom. The van der Waals surface area contributed by atoms with Gasteiger partial charge in [0.15, 0.2) is 0 Å². The van der Waals surface area contributed by atoms with E-state index >= 15 is 0 Å². The number of rotatable bonds is 6. The number of methoxy groups -OCH3 is 2. The zero-order valence-electron chi connectivity index (χ0n) is 10.5. The maximum Gasteiger partial charge on any atom is 0.319 e. The molecule has 1 aromatic heterocycles. The fourth-order valence-electron chi connectivity index (χ4n) is 1.38. The second-order valence-corrected chi connectivity index (χ2v) is 3.62. The summed E-state index contributed by atoms with van der Waals surface area (Å²) in [6, 6.07) is 5.47. The first-order valence-corrected chi connectivity index (χ1v) is 5.41. The molecular weight excluding hydrogens is 236 g/mol. The highest BCUT2D eigenvalue weighted by Crippen LogP contribution is 2.01. The predicted octanol–water partition coefficient (Wildman–Crippen LogP) is 0.230. The minimum atomic E-state index is -0.408. The van der Waals surface area contributed by atoms with Crippen LogP contribution >= 0.6 is 0 Å². The quantitative estimate of drug-likeness (QED) is 0.675. The van der Waals surface area contributed by atoms with Crippen LogP contribution in [0.2, 0.25) is 0 Å². The van der Waals surface area contributed by atoms with Gasteiger partial charge in [-0.15, -0.1) is 0 Å². The van der Waals surface area contributed by atoms with Crippen LogP contribution in [0.5, 0.6) is 0 Å². The lowest BCUT2D eigenvalue weighted by atomic mass is 10.3. The summed E-state index contributed by atoms with van der Waals surface area (Å²) >= 11 is 0. The number of carbonyl (C=O) groups is 2. The zero-order valence-corrected chi connectivity index (χ0v) is 10.5. The van der Waals surface area contributed by atoms with Gasteiger partial charge in [0.1, 0.15) is 0 Å². The van der Waals surface area contributed by atoms with Crippen LogP contribution in [0.15, 0.2) is 24.4 Å². The van der Waals surface area contributed by atoms with Crippen molar-refractivity contribution in [3.63, 3.8) is 0 Å². The summed E-state index contributed by atoms with van der Waals surface area (Å²) < 4.78 is 9.16. The van der Waals surface area contributed by atoms with E-state index in [4.69, 9.17) is 0 Å². The highest BCUT2D eigenvalue weighted by molar-refractivity contribution is 5.74. The molecule has 1 heterocycles. The van der Waals surface area contributed by atoms with Gasteiger partial charge >= 0.3 is 11.9 Å². The first kappa shape index (κ1) is 14.1. The molecule has 0 amide bonds. The van der Waals surface area contributed by atoms with Gasteiger partial charge in [-0.25, -0.2) is 0 Å². The zero-order chi connectivity index (χ0) is 13.4. The Morgan fingerprint density at radius 1 is 1.17 bits per heavy atom. The minimum absolute atomic E-state index is 0.0160. The Hall–Kier alpha value is -1.95. The van der Waals surface area contributed by atoms with Crippen LogP contribution in [0.1, 0.15) is 5.69 Å². The van der Waals surface area contributed by atoms with Crippen molar-refractivity contribution in [2.75, 3.05) is 27.3 Å². The van der Waals surface area contributed by atoms with Gasteiger partial charge in [-0.1, -0.05) is 6.07 Å². The molecule has 1 rings (SSSR count). The summed E-state index contributed by atoms with van der Waals surface area (Å²) in [4.78, 5) is 28.2. The van der Waals surface area contributed by atoms with Crippen LogP contribution in [-0.4, -0.2) is 49.1 Å². The van der Waals surface area contributed by atoms with Gasteiger partial charge in [0.25, 0.3) is 0 Å². The van der Waals surface area contributed by atoms with E-state index in [1.54, 1.807) is 17.2 Å². The molecule has 0 saturated heterocycles. The van der Waals surface area contributed by atoms with Gasteiger partial charge in [0.05, 0.1) is 33.0 Å². The summed E-state index contributed by atoms with van der Waals surface area (Å²) in [7, 11) is 2.61. The van der Waals surface area contributed by atoms with E-state index in [-0.39, 0.29) is 13.1 Å². The summed E-state index contributed by atoms with van der Waals surface area (Å²) in [5, 5.41) is 0. The average Bonchev–Trinajstić information content (AvgIpc) is 2.39. The van der Waals surface area contributed by atoms with Gasteiger partial charge in [-0.3, -0.25) is 19.5 Å². The topological polar surface area (TPSA) is 68.7 Å². The molecule has 0 unspecified atom stereocenters. The molecule has 18 heavy (non-hydrogen) atoms. The predicted molar refractivity (Wildman–Crippen MR) is 63.5 cm³/mol. The number of nitrogens with zero attached hydrogens (tertiary/aromatic N) is 2. The first-order chi connectivity index (χ1) is 8.65. The smallest absolute Gasteiger partial charge is 0.319 e. The first-order valence-electron chi connectivity index (χ1n) is 5.41. The number of ether oxygens (including phenoxy) is 2. The summed E-state index contributed by atoms with van der Waals surface area (Å²) in [5.41, 5.74) is 0.769. The number of carbonyl (C=O) groups excluding carboxylic acids is 2. The third-order valence-corrected chi connectivity index (χ3v) is 2.27. The molecule has 0 aliphatic heterocycles. The number of aromatic nitrogens is 1. The van der Waals surface area contributed by atoms with Gasteiger partial charge in [-0.2, -0.15) is 0 Å². The van der Waals surface area contributed by atoms with Crippen molar-refractivity contribution in [3.8, 4) is 0 Å². The van der Waals surface area contributed by atoms with E-state index in [1.807, 2.05) is 12.1 Å². The summed E-state index contributed by atoms with van der Waals surface area (Å²) in [6.45, 7) is 0.412. The van der Waals surface area contributed by atoms with Crippen molar-refractivity contribution in [2.24, 2.45) is 0 Å². The van der Waals surface area contributed by atoms with Crippen molar-refractivity contribution >= 4 is 11.9 Å². The maximum atomic E-state index is 11.2. The fraction of sp³-hybridized carbons (Fsp3) is 0.417. The van der Waals surface area contributed by atoms with Gasteiger partial charge in [-0.05, 0) is 12.1 Å².